The zero-order valence-electron chi connectivity index (χ0n) is 10.3. The lowest BCUT2D eigenvalue weighted by Crippen LogP contribution is -2.01. The Kier molecular flexibility index (Phi) is 4.90. The van der Waals surface area contributed by atoms with Crippen molar-refractivity contribution >= 4 is 12.2 Å². The molecular formula is C12H17N3OS. The lowest BCUT2D eigenvalue weighted by molar-refractivity contribution is 0.475. The molecule has 2 N–H and O–H groups in total. The van der Waals surface area contributed by atoms with Crippen molar-refractivity contribution in [1.29, 1.82) is 0 Å². The average molecular weight is 251 g/mol. The smallest absolute Gasteiger partial charge is 0.195 e. The highest BCUT2D eigenvalue weighted by atomic mass is 32.1. The van der Waals surface area contributed by atoms with Gasteiger partial charge in [-0.15, -0.1) is 0 Å². The number of nitrogens with zero attached hydrogens (tertiary/aromatic N) is 2. The summed E-state index contributed by atoms with van der Waals surface area (Å²) < 4.78 is 2.52. The first-order chi connectivity index (χ1) is 8.16. The van der Waals surface area contributed by atoms with Crippen LogP contribution < -0.4 is 0 Å². The highest BCUT2D eigenvalue weighted by Gasteiger charge is 2.01. The zero-order chi connectivity index (χ0) is 12.8. The molecule has 2 aromatic rings. The van der Waals surface area contributed by atoms with Crippen molar-refractivity contribution in [3.63, 3.8) is 0 Å². The molecule has 92 valence electrons. The van der Waals surface area contributed by atoms with Crippen LogP contribution in [0.15, 0.2) is 24.3 Å². The molecule has 4 nitrogen and oxygen atoms in total. The Morgan fingerprint density at radius 2 is 1.88 bits per heavy atom. The minimum Gasteiger partial charge on any atom is -0.508 e. The van der Waals surface area contributed by atoms with Gasteiger partial charge in [-0.05, 0) is 36.8 Å². The van der Waals surface area contributed by atoms with Crippen LogP contribution in [-0.2, 0) is 6.54 Å². The summed E-state index contributed by atoms with van der Waals surface area (Å²) in [5.41, 5.74) is 1.08. The van der Waals surface area contributed by atoms with E-state index in [9.17, 15) is 0 Å². The number of rotatable bonds is 2. The number of phenolic OH excluding ortho intramolecular Hbond substituents is 1. The maximum Gasteiger partial charge on any atom is 0.195 e. The Balaban J connectivity index is 0.000000686. The molecule has 2 rings (SSSR count). The maximum absolute atomic E-state index is 9.15. The first-order valence-corrected chi connectivity index (χ1v) is 5.97. The number of H-pyrrole nitrogens is 1. The van der Waals surface area contributed by atoms with Gasteiger partial charge in [-0.1, -0.05) is 26.0 Å². The second kappa shape index (κ2) is 6.20. The number of aromatic amines is 1. The van der Waals surface area contributed by atoms with Crippen LogP contribution in [-0.4, -0.2) is 19.9 Å². The van der Waals surface area contributed by atoms with Gasteiger partial charge in [-0.2, -0.15) is 5.10 Å². The van der Waals surface area contributed by atoms with E-state index in [0.29, 0.717) is 11.3 Å². The van der Waals surface area contributed by atoms with Gasteiger partial charge in [0.05, 0.1) is 6.54 Å². The number of aromatic nitrogens is 3. The molecule has 0 aliphatic rings. The molecule has 0 atom stereocenters. The highest BCUT2D eigenvalue weighted by Crippen LogP contribution is 2.11. The molecule has 1 heterocycles. The summed E-state index contributed by atoms with van der Waals surface area (Å²) >= 11 is 5.09. The summed E-state index contributed by atoms with van der Waals surface area (Å²) in [4.78, 5) is 0. The summed E-state index contributed by atoms with van der Waals surface area (Å²) in [5, 5.41) is 15.9. The van der Waals surface area contributed by atoms with E-state index in [0.717, 1.165) is 11.4 Å². The number of nitrogens with one attached hydrogen (secondary N) is 1. The molecule has 0 fully saturated rings. The summed E-state index contributed by atoms with van der Waals surface area (Å²) in [5.74, 6) is 1.12. The van der Waals surface area contributed by atoms with Crippen LogP contribution in [0.5, 0.6) is 5.75 Å². The van der Waals surface area contributed by atoms with Gasteiger partial charge in [-0.3, -0.25) is 9.67 Å². The molecule has 1 aromatic carbocycles. The number of phenols is 1. The molecule has 0 amide bonds. The van der Waals surface area contributed by atoms with Crippen molar-refractivity contribution in [2.24, 2.45) is 0 Å². The van der Waals surface area contributed by atoms with Crippen LogP contribution in [0, 0.1) is 11.7 Å². The average Bonchev–Trinajstić information content (AvgIpc) is 2.66. The number of hydrogen-bond acceptors (Lipinski definition) is 3. The Morgan fingerprint density at radius 1 is 1.29 bits per heavy atom. The van der Waals surface area contributed by atoms with Crippen molar-refractivity contribution in [1.82, 2.24) is 14.8 Å². The van der Waals surface area contributed by atoms with E-state index >= 15 is 0 Å². The van der Waals surface area contributed by atoms with E-state index in [1.807, 2.05) is 37.5 Å². The van der Waals surface area contributed by atoms with E-state index in [-0.39, 0.29) is 5.75 Å². The molecule has 0 aliphatic heterocycles. The van der Waals surface area contributed by atoms with E-state index < -0.39 is 0 Å². The van der Waals surface area contributed by atoms with E-state index in [2.05, 4.69) is 10.2 Å². The van der Waals surface area contributed by atoms with Gasteiger partial charge in [0.15, 0.2) is 4.77 Å². The first kappa shape index (κ1) is 13.4. The standard InChI is InChI=1S/C10H11N3OS.C2H6/c1-7-11-12-10(15)13(7)6-8-2-4-9(14)5-3-8;1-2/h2-5,14H,6H2,1H3,(H,12,15);1-2H3. The fourth-order valence-electron chi connectivity index (χ4n) is 1.37. The van der Waals surface area contributed by atoms with Crippen molar-refractivity contribution < 1.29 is 5.11 Å². The zero-order valence-corrected chi connectivity index (χ0v) is 11.1. The van der Waals surface area contributed by atoms with Crippen LogP contribution in [0.4, 0.5) is 0 Å². The van der Waals surface area contributed by atoms with E-state index in [4.69, 9.17) is 17.3 Å². The van der Waals surface area contributed by atoms with Crippen LogP contribution in [0.2, 0.25) is 0 Å². The molecule has 0 radical (unpaired) electrons. The fraction of sp³-hybridized carbons (Fsp3) is 0.333. The number of aromatic hydroxyl groups is 1. The fourth-order valence-corrected chi connectivity index (χ4v) is 1.61. The minimum absolute atomic E-state index is 0.270. The molecule has 5 heteroatoms. The third kappa shape index (κ3) is 3.42. The normalized spacial score (nSPS) is 9.59. The lowest BCUT2D eigenvalue weighted by atomic mass is 10.2. The predicted octanol–water partition coefficient (Wildman–Crippen LogP) is 3.03. The number of hydrogen-bond donors (Lipinski definition) is 2. The molecule has 0 aliphatic carbocycles. The predicted molar refractivity (Wildman–Crippen MR) is 70.7 cm³/mol. The van der Waals surface area contributed by atoms with Crippen LogP contribution in [0.25, 0.3) is 0 Å². The van der Waals surface area contributed by atoms with Crippen molar-refractivity contribution in [2.45, 2.75) is 27.3 Å². The first-order valence-electron chi connectivity index (χ1n) is 5.56. The Bertz CT molecular complexity index is 513. The van der Waals surface area contributed by atoms with E-state index in [1.165, 1.54) is 0 Å². The highest BCUT2D eigenvalue weighted by molar-refractivity contribution is 7.71. The third-order valence-corrected chi connectivity index (χ3v) is 2.54. The second-order valence-electron chi connectivity index (χ2n) is 3.33. The summed E-state index contributed by atoms with van der Waals surface area (Å²) in [7, 11) is 0. The van der Waals surface area contributed by atoms with Gasteiger partial charge in [-0.25, -0.2) is 0 Å². The Labute approximate surface area is 106 Å². The molecule has 0 bridgehead atoms. The van der Waals surface area contributed by atoms with Crippen molar-refractivity contribution in [2.75, 3.05) is 0 Å². The SMILES string of the molecule is CC.Cc1n[nH]c(=S)n1Cc1ccc(O)cc1. The maximum atomic E-state index is 9.15. The van der Waals surface area contributed by atoms with Crippen LogP contribution in [0.1, 0.15) is 25.2 Å². The summed E-state index contributed by atoms with van der Waals surface area (Å²) in [6.45, 7) is 6.56. The monoisotopic (exact) mass is 251 g/mol. The summed E-state index contributed by atoms with van der Waals surface area (Å²) in [6.07, 6.45) is 0. The largest absolute Gasteiger partial charge is 0.508 e. The molecule has 1 aromatic heterocycles. The Morgan fingerprint density at radius 3 is 2.35 bits per heavy atom. The van der Waals surface area contributed by atoms with Crippen LogP contribution >= 0.6 is 12.2 Å². The number of aryl methyl sites for hydroxylation is 1. The molecule has 0 unspecified atom stereocenters. The molecule has 0 spiro atoms. The minimum atomic E-state index is 0.270. The third-order valence-electron chi connectivity index (χ3n) is 2.23. The van der Waals surface area contributed by atoms with Crippen molar-refractivity contribution in [3.05, 3.63) is 40.4 Å². The van der Waals surface area contributed by atoms with Gasteiger partial charge in [0, 0.05) is 0 Å². The van der Waals surface area contributed by atoms with Crippen molar-refractivity contribution in [3.8, 4) is 5.75 Å². The second-order valence-corrected chi connectivity index (χ2v) is 3.72. The molecule has 0 saturated carbocycles. The van der Waals surface area contributed by atoms with E-state index in [1.54, 1.807) is 12.1 Å². The van der Waals surface area contributed by atoms with Gasteiger partial charge < -0.3 is 5.11 Å². The van der Waals surface area contributed by atoms with Gasteiger partial charge >= 0.3 is 0 Å². The van der Waals surface area contributed by atoms with Gasteiger partial charge in [0.2, 0.25) is 0 Å². The summed E-state index contributed by atoms with van der Waals surface area (Å²) in [6, 6.07) is 7.05. The number of benzene rings is 1. The van der Waals surface area contributed by atoms with Crippen LogP contribution in [0.3, 0.4) is 0 Å². The van der Waals surface area contributed by atoms with Gasteiger partial charge in [0.25, 0.3) is 0 Å². The molecule has 17 heavy (non-hydrogen) atoms. The van der Waals surface area contributed by atoms with Gasteiger partial charge in [0.1, 0.15) is 11.6 Å². The Hall–Kier alpha value is -1.62. The molecular weight excluding hydrogens is 234 g/mol. The lowest BCUT2D eigenvalue weighted by Gasteiger charge is -2.04. The quantitative estimate of drug-likeness (QED) is 0.807. The topological polar surface area (TPSA) is 53.8 Å². The molecule has 0 saturated heterocycles.